The molecule has 1 N–H and O–H groups in total. The molecule has 0 heterocycles. The van der Waals surface area contributed by atoms with Gasteiger partial charge < -0.3 is 5.32 Å². The summed E-state index contributed by atoms with van der Waals surface area (Å²) in [5.41, 5.74) is 1.19. The number of nitrogens with one attached hydrogen (secondary N) is 1. The van der Waals surface area contributed by atoms with E-state index in [1.807, 2.05) is 32.2 Å². The van der Waals surface area contributed by atoms with Gasteiger partial charge >= 0.3 is 0 Å². The number of hydrogen-bond acceptors (Lipinski definition) is 1. The zero-order valence-corrected chi connectivity index (χ0v) is 9.01. The molecule has 0 aromatic carbocycles. The Hall–Kier alpha value is -0.820. The van der Waals surface area contributed by atoms with Crippen molar-refractivity contribution in [2.24, 2.45) is 0 Å². The van der Waals surface area contributed by atoms with E-state index >= 15 is 0 Å². The minimum absolute atomic E-state index is 0.576. The van der Waals surface area contributed by atoms with Crippen LogP contribution >= 0.6 is 0 Å². The van der Waals surface area contributed by atoms with Gasteiger partial charge in [0.25, 0.3) is 0 Å². The Labute approximate surface area is 82.2 Å². The molecule has 1 heteroatoms. The van der Waals surface area contributed by atoms with Crippen molar-refractivity contribution in [2.75, 3.05) is 7.05 Å². The second kappa shape index (κ2) is 7.81. The van der Waals surface area contributed by atoms with Crippen LogP contribution in [0.3, 0.4) is 0 Å². The third-order valence-corrected chi connectivity index (χ3v) is 2.03. The quantitative estimate of drug-likeness (QED) is 0.618. The Morgan fingerprint density at radius 3 is 2.69 bits per heavy atom. The molecule has 0 spiro atoms. The van der Waals surface area contributed by atoms with Crippen LogP contribution in [-0.4, -0.2) is 13.1 Å². The van der Waals surface area contributed by atoms with Crippen LogP contribution in [0.1, 0.15) is 26.7 Å². The van der Waals surface area contributed by atoms with Crippen LogP contribution in [0.15, 0.2) is 36.5 Å². The fraction of sp³-hybridized carbons (Fsp3) is 0.500. The average molecular weight is 179 g/mol. The van der Waals surface area contributed by atoms with Crippen LogP contribution in [0.2, 0.25) is 0 Å². The van der Waals surface area contributed by atoms with Crippen LogP contribution in [0, 0.1) is 0 Å². The molecular formula is C12H21N. The minimum Gasteiger partial charge on any atom is -0.317 e. The van der Waals surface area contributed by atoms with Gasteiger partial charge in [0.15, 0.2) is 0 Å². The highest BCUT2D eigenvalue weighted by atomic mass is 14.8. The van der Waals surface area contributed by atoms with Crippen LogP contribution in [0.25, 0.3) is 0 Å². The maximum Gasteiger partial charge on any atom is 0.00388 e. The van der Waals surface area contributed by atoms with E-state index in [4.69, 9.17) is 0 Å². The second-order valence-electron chi connectivity index (χ2n) is 3.27. The van der Waals surface area contributed by atoms with Crippen molar-refractivity contribution in [2.45, 2.75) is 32.7 Å². The molecule has 0 amide bonds. The highest BCUT2D eigenvalue weighted by Crippen LogP contribution is 2.06. The zero-order chi connectivity index (χ0) is 10.1. The molecule has 0 saturated carbocycles. The summed E-state index contributed by atoms with van der Waals surface area (Å²) in [7, 11) is 1.99. The summed E-state index contributed by atoms with van der Waals surface area (Å²) in [4.78, 5) is 0. The molecule has 0 aliphatic rings. The zero-order valence-electron chi connectivity index (χ0n) is 9.01. The van der Waals surface area contributed by atoms with Crippen molar-refractivity contribution >= 4 is 0 Å². The van der Waals surface area contributed by atoms with Crippen molar-refractivity contribution in [1.29, 1.82) is 0 Å². The van der Waals surface area contributed by atoms with E-state index in [1.165, 1.54) is 5.57 Å². The summed E-state index contributed by atoms with van der Waals surface area (Å²) < 4.78 is 0. The molecule has 0 aromatic heterocycles. The summed E-state index contributed by atoms with van der Waals surface area (Å²) in [6.07, 6.45) is 10.4. The van der Waals surface area contributed by atoms with Gasteiger partial charge in [0.05, 0.1) is 0 Å². The highest BCUT2D eigenvalue weighted by Gasteiger charge is 1.97. The number of hydrogen-bond donors (Lipinski definition) is 1. The van der Waals surface area contributed by atoms with Gasteiger partial charge in [0.2, 0.25) is 0 Å². The molecule has 13 heavy (non-hydrogen) atoms. The first-order valence-corrected chi connectivity index (χ1v) is 4.85. The average Bonchev–Trinajstić information content (AvgIpc) is 2.14. The molecule has 0 bridgehead atoms. The summed E-state index contributed by atoms with van der Waals surface area (Å²) in [5.74, 6) is 0. The molecule has 0 aliphatic heterocycles. The SMILES string of the molecule is C=C(/C=C\C=C/C)CC[C@H](C)NC. The lowest BCUT2D eigenvalue weighted by Gasteiger charge is -2.08. The van der Waals surface area contributed by atoms with E-state index in [0.29, 0.717) is 6.04 Å². The van der Waals surface area contributed by atoms with Gasteiger partial charge in [-0.2, -0.15) is 0 Å². The monoisotopic (exact) mass is 179 g/mol. The van der Waals surface area contributed by atoms with Crippen molar-refractivity contribution < 1.29 is 0 Å². The fourth-order valence-electron chi connectivity index (χ4n) is 0.932. The van der Waals surface area contributed by atoms with E-state index in [9.17, 15) is 0 Å². The second-order valence-corrected chi connectivity index (χ2v) is 3.27. The van der Waals surface area contributed by atoms with E-state index in [0.717, 1.165) is 12.8 Å². The van der Waals surface area contributed by atoms with Crippen molar-refractivity contribution in [3.63, 3.8) is 0 Å². The number of allylic oxidation sites excluding steroid dienone is 5. The van der Waals surface area contributed by atoms with Crippen LogP contribution in [0.4, 0.5) is 0 Å². The molecule has 0 saturated heterocycles. The van der Waals surface area contributed by atoms with E-state index < -0.39 is 0 Å². The molecule has 0 unspecified atom stereocenters. The maximum absolute atomic E-state index is 3.98. The lowest BCUT2D eigenvalue weighted by molar-refractivity contribution is 0.566. The molecule has 0 fully saturated rings. The van der Waals surface area contributed by atoms with Gasteiger partial charge in [0.1, 0.15) is 0 Å². The highest BCUT2D eigenvalue weighted by molar-refractivity contribution is 5.18. The largest absolute Gasteiger partial charge is 0.317 e. The lowest BCUT2D eigenvalue weighted by Crippen LogP contribution is -2.20. The van der Waals surface area contributed by atoms with Crippen LogP contribution < -0.4 is 5.32 Å². The van der Waals surface area contributed by atoms with Crippen LogP contribution in [-0.2, 0) is 0 Å². The molecule has 1 atom stereocenters. The predicted octanol–water partition coefficient (Wildman–Crippen LogP) is 3.06. The van der Waals surface area contributed by atoms with Gasteiger partial charge in [-0.1, -0.05) is 36.5 Å². The summed E-state index contributed by atoms with van der Waals surface area (Å²) in [6.45, 7) is 8.18. The Morgan fingerprint density at radius 2 is 2.15 bits per heavy atom. The molecule has 1 nitrogen and oxygen atoms in total. The first-order valence-electron chi connectivity index (χ1n) is 4.85. The first kappa shape index (κ1) is 12.2. The summed E-state index contributed by atoms with van der Waals surface area (Å²) in [6, 6.07) is 0.576. The van der Waals surface area contributed by atoms with Gasteiger partial charge in [-0.25, -0.2) is 0 Å². The van der Waals surface area contributed by atoms with Gasteiger partial charge in [-0.05, 0) is 33.7 Å². The Morgan fingerprint density at radius 1 is 1.46 bits per heavy atom. The maximum atomic E-state index is 3.98. The Bertz CT molecular complexity index is 189. The molecule has 0 aromatic rings. The standard InChI is InChI=1S/C12H21N/c1-5-6-7-8-11(2)9-10-12(3)13-4/h5-8,12-13H,2,9-10H2,1,3-4H3/b6-5-,8-7-/t12-/m0/s1. The Kier molecular flexibility index (Phi) is 7.32. The molecule has 0 rings (SSSR count). The molecular weight excluding hydrogens is 158 g/mol. The van der Waals surface area contributed by atoms with Crippen molar-refractivity contribution in [3.05, 3.63) is 36.5 Å². The van der Waals surface area contributed by atoms with Crippen LogP contribution in [0.5, 0.6) is 0 Å². The van der Waals surface area contributed by atoms with E-state index in [2.05, 4.69) is 24.9 Å². The molecule has 0 aliphatic carbocycles. The van der Waals surface area contributed by atoms with Gasteiger partial charge in [0, 0.05) is 6.04 Å². The topological polar surface area (TPSA) is 12.0 Å². The minimum atomic E-state index is 0.576. The Balaban J connectivity index is 3.63. The third-order valence-electron chi connectivity index (χ3n) is 2.03. The predicted molar refractivity (Wildman–Crippen MR) is 60.8 cm³/mol. The van der Waals surface area contributed by atoms with E-state index in [-0.39, 0.29) is 0 Å². The van der Waals surface area contributed by atoms with E-state index in [1.54, 1.807) is 0 Å². The third kappa shape index (κ3) is 7.54. The first-order chi connectivity index (χ1) is 6.20. The van der Waals surface area contributed by atoms with Crippen molar-refractivity contribution in [3.8, 4) is 0 Å². The molecule has 74 valence electrons. The molecule has 0 radical (unpaired) electrons. The fourth-order valence-corrected chi connectivity index (χ4v) is 0.932. The summed E-state index contributed by atoms with van der Waals surface area (Å²) >= 11 is 0. The summed E-state index contributed by atoms with van der Waals surface area (Å²) in [5, 5.41) is 3.21. The normalized spacial score (nSPS) is 14.1. The smallest absolute Gasteiger partial charge is 0.00388 e. The van der Waals surface area contributed by atoms with Gasteiger partial charge in [-0.3, -0.25) is 0 Å². The lowest BCUT2D eigenvalue weighted by atomic mass is 10.1. The number of rotatable bonds is 6. The van der Waals surface area contributed by atoms with Crippen molar-refractivity contribution in [1.82, 2.24) is 5.32 Å². The van der Waals surface area contributed by atoms with Gasteiger partial charge in [-0.15, -0.1) is 0 Å².